The van der Waals surface area contributed by atoms with E-state index in [4.69, 9.17) is 21.1 Å². The van der Waals surface area contributed by atoms with Crippen LogP contribution in [0.3, 0.4) is 0 Å². The van der Waals surface area contributed by atoms with Crippen LogP contribution in [0.2, 0.25) is 5.02 Å². The summed E-state index contributed by atoms with van der Waals surface area (Å²) in [5, 5.41) is 0.611. The highest BCUT2D eigenvalue weighted by molar-refractivity contribution is 6.31. The van der Waals surface area contributed by atoms with Crippen LogP contribution in [0.25, 0.3) is 0 Å². The van der Waals surface area contributed by atoms with Gasteiger partial charge in [-0.05, 0) is 43.7 Å². The standard InChI is InChI=1S/C21H23ClN2O4/c1-13-18(22)6-5-7-19(13)24-9-8-23(14(2)20(24)25)21(26)15-10-16(27-3)12-17(11-15)28-4/h5-7,10-12,14H,8-9H2,1-4H3. The van der Waals surface area contributed by atoms with Gasteiger partial charge in [-0.2, -0.15) is 0 Å². The topological polar surface area (TPSA) is 59.1 Å². The van der Waals surface area contributed by atoms with Gasteiger partial charge in [0.25, 0.3) is 5.91 Å². The molecule has 2 amide bonds. The van der Waals surface area contributed by atoms with E-state index in [1.54, 1.807) is 41.0 Å². The van der Waals surface area contributed by atoms with Crippen molar-refractivity contribution < 1.29 is 19.1 Å². The van der Waals surface area contributed by atoms with Crippen molar-refractivity contribution in [2.75, 3.05) is 32.2 Å². The minimum atomic E-state index is -0.600. The molecule has 1 aliphatic heterocycles. The molecule has 2 aromatic carbocycles. The Morgan fingerprint density at radius 3 is 2.36 bits per heavy atom. The van der Waals surface area contributed by atoms with Gasteiger partial charge in [0.2, 0.25) is 5.91 Å². The van der Waals surface area contributed by atoms with E-state index in [1.807, 2.05) is 19.1 Å². The molecule has 0 spiro atoms. The summed E-state index contributed by atoms with van der Waals surface area (Å²) in [5.41, 5.74) is 2.05. The van der Waals surface area contributed by atoms with E-state index >= 15 is 0 Å². The van der Waals surface area contributed by atoms with E-state index in [1.165, 1.54) is 14.2 Å². The number of hydrogen-bond acceptors (Lipinski definition) is 4. The molecule has 0 aliphatic carbocycles. The Morgan fingerprint density at radius 1 is 1.11 bits per heavy atom. The van der Waals surface area contributed by atoms with Crippen LogP contribution in [0.4, 0.5) is 5.69 Å². The van der Waals surface area contributed by atoms with E-state index in [-0.39, 0.29) is 11.8 Å². The predicted octanol–water partition coefficient (Wildman–Crippen LogP) is 3.54. The molecule has 1 atom stereocenters. The second-order valence-electron chi connectivity index (χ2n) is 6.65. The number of anilines is 1. The Morgan fingerprint density at radius 2 is 1.75 bits per heavy atom. The zero-order chi connectivity index (χ0) is 20.4. The van der Waals surface area contributed by atoms with Crippen molar-refractivity contribution >= 4 is 29.1 Å². The molecule has 1 unspecified atom stereocenters. The fourth-order valence-electron chi connectivity index (χ4n) is 3.37. The maximum Gasteiger partial charge on any atom is 0.254 e. The SMILES string of the molecule is COc1cc(OC)cc(C(=O)N2CCN(c3cccc(Cl)c3C)C(=O)C2C)c1. The number of benzene rings is 2. The molecule has 1 fully saturated rings. The fourth-order valence-corrected chi connectivity index (χ4v) is 3.54. The molecule has 0 radical (unpaired) electrons. The van der Waals surface area contributed by atoms with Crippen LogP contribution < -0.4 is 14.4 Å². The molecular formula is C21H23ClN2O4. The number of hydrogen-bond donors (Lipinski definition) is 0. The van der Waals surface area contributed by atoms with Crippen molar-refractivity contribution in [3.8, 4) is 11.5 Å². The second kappa shape index (κ2) is 8.10. The van der Waals surface area contributed by atoms with Crippen molar-refractivity contribution in [2.45, 2.75) is 19.9 Å². The van der Waals surface area contributed by atoms with Gasteiger partial charge >= 0.3 is 0 Å². The van der Waals surface area contributed by atoms with Crippen LogP contribution in [0, 0.1) is 6.92 Å². The Hall–Kier alpha value is -2.73. The zero-order valence-electron chi connectivity index (χ0n) is 16.4. The van der Waals surface area contributed by atoms with Gasteiger partial charge in [0.1, 0.15) is 17.5 Å². The largest absolute Gasteiger partial charge is 0.497 e. The molecule has 0 N–H and O–H groups in total. The number of carbonyl (C=O) groups excluding carboxylic acids is 2. The molecule has 0 saturated carbocycles. The molecule has 2 aromatic rings. The van der Waals surface area contributed by atoms with Gasteiger partial charge in [-0.3, -0.25) is 9.59 Å². The highest BCUT2D eigenvalue weighted by Gasteiger charge is 2.36. The summed E-state index contributed by atoms with van der Waals surface area (Å²) in [5.74, 6) is 0.671. The Labute approximate surface area is 169 Å². The lowest BCUT2D eigenvalue weighted by atomic mass is 10.1. The van der Waals surface area contributed by atoms with E-state index in [2.05, 4.69) is 0 Å². The third-order valence-electron chi connectivity index (χ3n) is 5.04. The normalized spacial score (nSPS) is 16.9. The Bertz CT molecular complexity index is 893. The highest BCUT2D eigenvalue weighted by Crippen LogP contribution is 2.30. The molecule has 6 nitrogen and oxygen atoms in total. The molecule has 7 heteroatoms. The first-order chi connectivity index (χ1) is 13.4. The van der Waals surface area contributed by atoms with Crippen molar-refractivity contribution in [3.63, 3.8) is 0 Å². The third-order valence-corrected chi connectivity index (χ3v) is 5.45. The number of carbonyl (C=O) groups is 2. The first-order valence-corrected chi connectivity index (χ1v) is 9.35. The third kappa shape index (κ3) is 3.64. The zero-order valence-corrected chi connectivity index (χ0v) is 17.1. The Balaban J connectivity index is 1.86. The highest BCUT2D eigenvalue weighted by atomic mass is 35.5. The lowest BCUT2D eigenvalue weighted by Crippen LogP contribution is -2.58. The minimum Gasteiger partial charge on any atom is -0.497 e. The van der Waals surface area contributed by atoms with Crippen LogP contribution in [0.1, 0.15) is 22.8 Å². The van der Waals surface area contributed by atoms with Crippen LogP contribution >= 0.6 is 11.6 Å². The number of halogens is 1. The van der Waals surface area contributed by atoms with Crippen molar-refractivity contribution in [2.24, 2.45) is 0 Å². The van der Waals surface area contributed by atoms with Crippen LogP contribution in [0.5, 0.6) is 11.5 Å². The summed E-state index contributed by atoms with van der Waals surface area (Å²) >= 11 is 6.21. The average molecular weight is 403 g/mol. The van der Waals surface area contributed by atoms with Gasteiger partial charge in [0.05, 0.1) is 14.2 Å². The van der Waals surface area contributed by atoms with Gasteiger partial charge in [0.15, 0.2) is 0 Å². The summed E-state index contributed by atoms with van der Waals surface area (Å²) in [4.78, 5) is 29.4. The number of rotatable bonds is 4. The molecule has 3 rings (SSSR count). The van der Waals surface area contributed by atoms with Crippen molar-refractivity contribution in [1.82, 2.24) is 4.90 Å². The predicted molar refractivity (Wildman–Crippen MR) is 109 cm³/mol. The molecule has 0 bridgehead atoms. The summed E-state index contributed by atoms with van der Waals surface area (Å²) < 4.78 is 10.5. The van der Waals surface area contributed by atoms with Crippen LogP contribution in [-0.2, 0) is 4.79 Å². The lowest BCUT2D eigenvalue weighted by Gasteiger charge is -2.39. The smallest absolute Gasteiger partial charge is 0.254 e. The molecule has 0 aromatic heterocycles. The minimum absolute atomic E-state index is 0.139. The fraction of sp³-hybridized carbons (Fsp3) is 0.333. The Kier molecular flexibility index (Phi) is 5.79. The van der Waals surface area contributed by atoms with E-state index in [0.717, 1.165) is 11.3 Å². The summed E-state index contributed by atoms with van der Waals surface area (Å²) in [6.45, 7) is 4.44. The van der Waals surface area contributed by atoms with Crippen LogP contribution in [0.15, 0.2) is 36.4 Å². The maximum atomic E-state index is 13.1. The van der Waals surface area contributed by atoms with Gasteiger partial charge in [-0.1, -0.05) is 17.7 Å². The molecule has 1 aliphatic rings. The van der Waals surface area contributed by atoms with Gasteiger partial charge in [-0.15, -0.1) is 0 Å². The number of nitrogens with zero attached hydrogens (tertiary/aromatic N) is 2. The molecule has 28 heavy (non-hydrogen) atoms. The van der Waals surface area contributed by atoms with Gasteiger partial charge in [0, 0.05) is 35.4 Å². The summed E-state index contributed by atoms with van der Waals surface area (Å²) in [6.07, 6.45) is 0. The van der Waals surface area contributed by atoms with Crippen molar-refractivity contribution in [1.29, 1.82) is 0 Å². The van der Waals surface area contributed by atoms with Crippen LogP contribution in [-0.4, -0.2) is 50.1 Å². The first-order valence-electron chi connectivity index (χ1n) is 8.98. The molecule has 1 heterocycles. The van der Waals surface area contributed by atoms with Gasteiger partial charge < -0.3 is 19.3 Å². The average Bonchev–Trinajstić information content (AvgIpc) is 2.71. The second-order valence-corrected chi connectivity index (χ2v) is 7.06. The van der Waals surface area contributed by atoms with Gasteiger partial charge in [-0.25, -0.2) is 0 Å². The maximum absolute atomic E-state index is 13.1. The quantitative estimate of drug-likeness (QED) is 0.784. The van der Waals surface area contributed by atoms with E-state index in [9.17, 15) is 9.59 Å². The van der Waals surface area contributed by atoms with E-state index < -0.39 is 6.04 Å². The monoisotopic (exact) mass is 402 g/mol. The first kappa shape index (κ1) is 20.0. The lowest BCUT2D eigenvalue weighted by molar-refractivity contribution is -0.124. The molecule has 148 valence electrons. The number of ether oxygens (including phenoxy) is 2. The molecule has 1 saturated heterocycles. The summed E-state index contributed by atoms with van der Waals surface area (Å²) in [6, 6.07) is 9.89. The number of piperazine rings is 1. The number of amides is 2. The summed E-state index contributed by atoms with van der Waals surface area (Å²) in [7, 11) is 3.06. The molecular weight excluding hydrogens is 380 g/mol. The van der Waals surface area contributed by atoms with Crippen molar-refractivity contribution in [3.05, 3.63) is 52.5 Å². The number of methoxy groups -OCH3 is 2. The van der Waals surface area contributed by atoms with E-state index in [0.29, 0.717) is 35.2 Å².